The Morgan fingerprint density at radius 3 is 1.10 bits per heavy atom. The zero-order valence-electron chi connectivity index (χ0n) is 20.8. The molecule has 0 N–H and O–H groups in total. The van der Waals surface area contributed by atoms with Gasteiger partial charge >= 0.3 is 0 Å². The Hall–Kier alpha value is -0.240. The summed E-state index contributed by atoms with van der Waals surface area (Å²) < 4.78 is 12.3. The van der Waals surface area contributed by atoms with E-state index in [0.717, 1.165) is 64.6 Å². The zero-order valence-corrected chi connectivity index (χ0v) is 20.8. The first-order chi connectivity index (χ1) is 13.7. The number of hydrogen-bond donors (Lipinski definition) is 0. The number of unbranched alkanes of at least 4 members (excludes halogenated alkanes) is 3. The molecule has 0 spiro atoms. The molecule has 2 fully saturated rings. The van der Waals surface area contributed by atoms with E-state index < -0.39 is 0 Å². The molecule has 0 unspecified atom stereocenters. The van der Waals surface area contributed by atoms with Crippen LogP contribution in [0.4, 0.5) is 0 Å². The van der Waals surface area contributed by atoms with Crippen LogP contribution in [0.15, 0.2) is 0 Å². The summed E-state index contributed by atoms with van der Waals surface area (Å²) in [6, 6.07) is 0. The van der Waals surface area contributed by atoms with Crippen molar-refractivity contribution in [2.24, 2.45) is 0 Å². The smallest absolute Gasteiger partial charge is 0.0611 e. The van der Waals surface area contributed by atoms with Crippen LogP contribution in [0.3, 0.4) is 0 Å². The minimum Gasteiger partial charge on any atom is -0.378 e. The number of piperidine rings is 2. The summed E-state index contributed by atoms with van der Waals surface area (Å²) in [5.41, 5.74) is -1.46. The molecule has 0 saturated carbocycles. The molecule has 0 aliphatic carbocycles. The van der Waals surface area contributed by atoms with Crippen LogP contribution in [-0.4, -0.2) is 57.7 Å². The van der Waals surface area contributed by atoms with E-state index in [2.05, 4.69) is 0 Å². The van der Waals surface area contributed by atoms with Crippen LogP contribution in [0.5, 0.6) is 0 Å². The molecule has 0 amide bonds. The third-order valence-corrected chi connectivity index (χ3v) is 6.85. The summed E-state index contributed by atoms with van der Waals surface area (Å²) in [7, 11) is 0. The van der Waals surface area contributed by atoms with E-state index in [1.807, 2.05) is 55.4 Å². The molecule has 6 nitrogen and oxygen atoms in total. The van der Waals surface area contributed by atoms with E-state index >= 15 is 0 Å². The molecule has 0 aromatic carbocycles. The Bertz CT molecular complexity index is 463. The Morgan fingerprint density at radius 2 is 0.833 bits per heavy atom. The third-order valence-electron chi connectivity index (χ3n) is 6.85. The largest absolute Gasteiger partial charge is 0.378 e. The van der Waals surface area contributed by atoms with Gasteiger partial charge in [0.05, 0.1) is 12.2 Å². The molecule has 0 aromatic rings. The molecule has 2 aliphatic rings. The summed E-state index contributed by atoms with van der Waals surface area (Å²) in [6.07, 6.45) is 7.87. The molecule has 6 heteroatoms. The van der Waals surface area contributed by atoms with Gasteiger partial charge in [0.15, 0.2) is 0 Å². The normalized spacial score (nSPS) is 27.4. The van der Waals surface area contributed by atoms with Crippen LogP contribution >= 0.6 is 0 Å². The van der Waals surface area contributed by atoms with Crippen LogP contribution in [0, 0.1) is 0 Å². The maximum absolute atomic E-state index is 12.4. The van der Waals surface area contributed by atoms with Crippen molar-refractivity contribution in [1.29, 1.82) is 0 Å². The molecular weight excluding hydrogens is 380 g/mol. The van der Waals surface area contributed by atoms with Gasteiger partial charge in [-0.25, -0.2) is 0 Å². The summed E-state index contributed by atoms with van der Waals surface area (Å²) >= 11 is 0. The minimum absolute atomic E-state index is 0.169. The predicted octanol–water partition coefficient (Wildman–Crippen LogP) is 5.31. The number of hydrogen-bond acceptors (Lipinski definition) is 4. The van der Waals surface area contributed by atoms with E-state index in [9.17, 15) is 10.4 Å². The summed E-state index contributed by atoms with van der Waals surface area (Å²) in [5.74, 6) is 0. The molecule has 2 aliphatic heterocycles. The molecule has 2 heterocycles. The van der Waals surface area contributed by atoms with Gasteiger partial charge in [-0.2, -0.15) is 0 Å². The van der Waals surface area contributed by atoms with Crippen molar-refractivity contribution >= 4 is 0 Å². The number of hydroxylamine groups is 4. The Labute approximate surface area is 184 Å². The van der Waals surface area contributed by atoms with Crippen molar-refractivity contribution in [1.82, 2.24) is 10.1 Å². The highest BCUT2D eigenvalue weighted by atomic mass is 16.5. The van der Waals surface area contributed by atoms with Crippen molar-refractivity contribution in [2.75, 3.05) is 13.2 Å². The average molecular weight is 427 g/mol. The highest BCUT2D eigenvalue weighted by Gasteiger charge is 2.47. The van der Waals surface area contributed by atoms with E-state index in [4.69, 9.17) is 9.47 Å². The zero-order chi connectivity index (χ0) is 22.8. The van der Waals surface area contributed by atoms with Gasteiger partial charge in [0.1, 0.15) is 0 Å². The molecular formula is C24H46N2O4. The number of nitrogens with zero attached hydrogens (tertiary/aromatic N) is 2. The monoisotopic (exact) mass is 426 g/mol. The van der Waals surface area contributed by atoms with Crippen molar-refractivity contribution < 1.29 is 19.9 Å². The lowest BCUT2D eigenvalue weighted by atomic mass is 9.80. The van der Waals surface area contributed by atoms with Crippen molar-refractivity contribution in [3.63, 3.8) is 0 Å². The maximum Gasteiger partial charge on any atom is 0.0611 e. The number of ether oxygens (including phenoxy) is 2. The van der Waals surface area contributed by atoms with E-state index in [0.29, 0.717) is 0 Å². The topological polar surface area (TPSA) is 64.7 Å². The second kappa shape index (κ2) is 9.72. The maximum atomic E-state index is 12.4. The second-order valence-corrected chi connectivity index (χ2v) is 12.1. The predicted molar refractivity (Wildman–Crippen MR) is 118 cm³/mol. The minimum atomic E-state index is -0.366. The van der Waals surface area contributed by atoms with Crippen LogP contribution in [0.1, 0.15) is 107 Å². The fourth-order valence-electron chi connectivity index (χ4n) is 5.64. The van der Waals surface area contributed by atoms with Crippen molar-refractivity contribution in [3.05, 3.63) is 0 Å². The summed E-state index contributed by atoms with van der Waals surface area (Å²) in [4.78, 5) is 0. The fourth-order valence-corrected chi connectivity index (χ4v) is 5.64. The second-order valence-electron chi connectivity index (χ2n) is 12.1. The van der Waals surface area contributed by atoms with Crippen LogP contribution in [0.2, 0.25) is 0 Å². The summed E-state index contributed by atoms with van der Waals surface area (Å²) in [6.45, 7) is 17.6. The average Bonchev–Trinajstić information content (AvgIpc) is 2.59. The van der Waals surface area contributed by atoms with Gasteiger partial charge in [-0.15, -0.1) is 20.5 Å². The van der Waals surface area contributed by atoms with E-state index in [1.54, 1.807) is 0 Å². The Kier molecular flexibility index (Phi) is 8.43. The van der Waals surface area contributed by atoms with Gasteiger partial charge in [-0.1, -0.05) is 12.8 Å². The molecule has 2 saturated heterocycles. The molecule has 2 radical (unpaired) electrons. The standard InChI is InChI=1S/C24H46N2O4/c1-21(2)15-19(16-22(3,4)25(21)27)29-13-11-9-10-12-14-30-20-17-23(5,6)26(28)24(7,8)18-20/h19-20H,9-18H2,1-8H3. The fraction of sp³-hybridized carbons (Fsp3) is 1.00. The van der Waals surface area contributed by atoms with Gasteiger partial charge in [0.2, 0.25) is 0 Å². The molecule has 0 bridgehead atoms. The SMILES string of the molecule is CC1(C)CC(OCCCCCCOC2CC(C)(C)N([O])C(C)(C)C2)CC(C)(C)N1[O]. The van der Waals surface area contributed by atoms with Crippen LogP contribution in [-0.2, 0) is 19.9 Å². The van der Waals surface area contributed by atoms with E-state index in [1.165, 1.54) is 10.1 Å². The first kappa shape index (κ1) is 26.0. The molecule has 2 rings (SSSR count). The highest BCUT2D eigenvalue weighted by molar-refractivity contribution is 4.97. The number of rotatable bonds is 9. The Morgan fingerprint density at radius 1 is 0.567 bits per heavy atom. The van der Waals surface area contributed by atoms with E-state index in [-0.39, 0.29) is 34.4 Å². The lowest BCUT2D eigenvalue weighted by Crippen LogP contribution is -2.59. The lowest BCUT2D eigenvalue weighted by Gasteiger charge is -2.49. The van der Waals surface area contributed by atoms with Crippen LogP contribution < -0.4 is 0 Å². The first-order valence-corrected chi connectivity index (χ1v) is 11.9. The lowest BCUT2D eigenvalue weighted by molar-refractivity contribution is -0.301. The molecule has 176 valence electrons. The first-order valence-electron chi connectivity index (χ1n) is 11.9. The van der Waals surface area contributed by atoms with Crippen LogP contribution in [0.25, 0.3) is 0 Å². The van der Waals surface area contributed by atoms with Gasteiger partial charge in [-0.3, -0.25) is 0 Å². The van der Waals surface area contributed by atoms with Gasteiger partial charge in [0, 0.05) is 35.4 Å². The Balaban J connectivity index is 1.58. The van der Waals surface area contributed by atoms with Gasteiger partial charge < -0.3 is 9.47 Å². The molecule has 0 aromatic heterocycles. The van der Waals surface area contributed by atoms with Crippen molar-refractivity contribution in [3.8, 4) is 0 Å². The van der Waals surface area contributed by atoms with Crippen molar-refractivity contribution in [2.45, 2.75) is 141 Å². The quantitative estimate of drug-likeness (QED) is 0.468. The molecule has 30 heavy (non-hydrogen) atoms. The third kappa shape index (κ3) is 6.63. The highest BCUT2D eigenvalue weighted by Crippen LogP contribution is 2.39. The van der Waals surface area contributed by atoms with Gasteiger partial charge in [0.25, 0.3) is 0 Å². The van der Waals surface area contributed by atoms with Gasteiger partial charge in [-0.05, 0) is 93.9 Å². The summed E-state index contributed by atoms with van der Waals surface area (Å²) in [5, 5.41) is 27.4. The molecule has 0 atom stereocenters.